The molecule has 24 heavy (non-hydrogen) atoms. The molecule has 0 aliphatic heterocycles. The molecule has 8 heteroatoms. The molecule has 0 bridgehead atoms. The summed E-state index contributed by atoms with van der Waals surface area (Å²) in [5.74, 6) is -0.0612. The van der Waals surface area contributed by atoms with Crippen LogP contribution in [0.4, 0.5) is 0 Å². The number of carbonyl (C=O) groups is 1. The quantitative estimate of drug-likeness (QED) is 0.858. The van der Waals surface area contributed by atoms with Crippen molar-refractivity contribution in [3.05, 3.63) is 42.1 Å². The van der Waals surface area contributed by atoms with Crippen LogP contribution in [0.15, 0.2) is 40.0 Å². The topological polar surface area (TPSA) is 98.5 Å². The molecule has 1 aliphatic rings. The van der Waals surface area contributed by atoms with Crippen LogP contribution in [0.5, 0.6) is 0 Å². The Hall–Kier alpha value is -2.06. The maximum atomic E-state index is 13.2. The van der Waals surface area contributed by atoms with E-state index in [0.717, 1.165) is 25.7 Å². The van der Waals surface area contributed by atoms with E-state index in [-0.39, 0.29) is 23.2 Å². The van der Waals surface area contributed by atoms with Crippen LogP contribution >= 0.6 is 0 Å². The van der Waals surface area contributed by atoms with Gasteiger partial charge >= 0.3 is 0 Å². The minimum atomic E-state index is -3.75. The minimum Gasteiger partial charge on any atom is -0.468 e. The van der Waals surface area contributed by atoms with E-state index in [2.05, 4.69) is 0 Å². The molecule has 0 unspecified atom stereocenters. The molecule has 7 nitrogen and oxygen atoms in total. The summed E-state index contributed by atoms with van der Waals surface area (Å²) in [4.78, 5) is 11.5. The summed E-state index contributed by atoms with van der Waals surface area (Å²) in [6, 6.07) is 4.78. The lowest BCUT2D eigenvalue weighted by Gasteiger charge is -2.26. The second-order valence-electron chi connectivity index (χ2n) is 6.10. The molecule has 2 heterocycles. The lowest BCUT2D eigenvalue weighted by Crippen LogP contribution is -2.38. The first-order valence-corrected chi connectivity index (χ1v) is 9.34. The molecule has 0 saturated heterocycles. The average molecular weight is 351 g/mol. The van der Waals surface area contributed by atoms with E-state index in [1.54, 1.807) is 19.2 Å². The molecular formula is C16H21N3O4S. The summed E-state index contributed by atoms with van der Waals surface area (Å²) < 4.78 is 34.6. The van der Waals surface area contributed by atoms with Gasteiger partial charge in [0.25, 0.3) is 5.91 Å². The van der Waals surface area contributed by atoms with Gasteiger partial charge in [0.15, 0.2) is 0 Å². The fourth-order valence-electron chi connectivity index (χ4n) is 3.21. The third kappa shape index (κ3) is 3.11. The average Bonchev–Trinajstić information content (AvgIpc) is 3.26. The number of primary amides is 1. The largest absolute Gasteiger partial charge is 0.468 e. The molecule has 0 aromatic carbocycles. The van der Waals surface area contributed by atoms with Crippen LogP contribution in [0.2, 0.25) is 0 Å². The van der Waals surface area contributed by atoms with E-state index in [1.165, 1.54) is 27.4 Å². The van der Waals surface area contributed by atoms with E-state index in [4.69, 9.17) is 10.2 Å². The second-order valence-corrected chi connectivity index (χ2v) is 7.99. The number of nitrogens with two attached hydrogens (primary N) is 1. The van der Waals surface area contributed by atoms with Gasteiger partial charge in [0.05, 0.1) is 12.8 Å². The number of sulfonamides is 1. The van der Waals surface area contributed by atoms with Crippen LogP contribution in [-0.2, 0) is 23.6 Å². The van der Waals surface area contributed by atoms with Gasteiger partial charge in [-0.2, -0.15) is 4.31 Å². The Kier molecular flexibility index (Phi) is 4.51. The van der Waals surface area contributed by atoms with Crippen molar-refractivity contribution in [3.63, 3.8) is 0 Å². The maximum absolute atomic E-state index is 13.2. The van der Waals surface area contributed by atoms with E-state index in [0.29, 0.717) is 5.76 Å². The zero-order valence-corrected chi connectivity index (χ0v) is 14.3. The number of nitrogens with zero attached hydrogens (tertiary/aromatic N) is 2. The summed E-state index contributed by atoms with van der Waals surface area (Å²) in [6.07, 6.45) is 6.64. The number of hydrogen-bond donors (Lipinski definition) is 1. The second kappa shape index (κ2) is 6.45. The highest BCUT2D eigenvalue weighted by molar-refractivity contribution is 7.89. The molecule has 0 radical (unpaired) electrons. The Morgan fingerprint density at radius 2 is 2.12 bits per heavy atom. The normalized spacial score (nSPS) is 16.1. The molecule has 1 saturated carbocycles. The fourth-order valence-corrected chi connectivity index (χ4v) is 4.94. The highest BCUT2D eigenvalue weighted by Gasteiger charge is 2.35. The Morgan fingerprint density at radius 1 is 1.42 bits per heavy atom. The highest BCUT2D eigenvalue weighted by atomic mass is 32.2. The molecule has 1 amide bonds. The number of hydrogen-bond acceptors (Lipinski definition) is 4. The van der Waals surface area contributed by atoms with Gasteiger partial charge in [-0.05, 0) is 31.0 Å². The molecular weight excluding hydrogens is 330 g/mol. The Balaban J connectivity index is 1.98. The van der Waals surface area contributed by atoms with Gasteiger partial charge < -0.3 is 14.7 Å². The number of aryl methyl sites for hydroxylation is 1. The Morgan fingerprint density at radius 3 is 2.67 bits per heavy atom. The molecule has 2 N–H and O–H groups in total. The lowest BCUT2D eigenvalue weighted by molar-refractivity contribution is 0.0992. The molecule has 0 atom stereocenters. The molecule has 130 valence electrons. The van der Waals surface area contributed by atoms with Crippen molar-refractivity contribution in [1.82, 2.24) is 8.87 Å². The smallest absolute Gasteiger partial charge is 0.265 e. The SMILES string of the molecule is Cn1cc(S(=O)(=O)N(Cc2ccco2)C2CCCC2)cc1C(N)=O. The van der Waals surface area contributed by atoms with Gasteiger partial charge in [-0.1, -0.05) is 12.8 Å². The van der Waals surface area contributed by atoms with Gasteiger partial charge in [0.2, 0.25) is 10.0 Å². The van der Waals surface area contributed by atoms with Crippen molar-refractivity contribution in [1.29, 1.82) is 0 Å². The fraction of sp³-hybridized carbons (Fsp3) is 0.438. The van der Waals surface area contributed by atoms with Crippen LogP contribution < -0.4 is 5.73 Å². The molecule has 3 rings (SSSR count). The number of amides is 1. The summed E-state index contributed by atoms with van der Waals surface area (Å²) in [5.41, 5.74) is 5.46. The molecule has 2 aromatic rings. The summed E-state index contributed by atoms with van der Waals surface area (Å²) >= 11 is 0. The van der Waals surface area contributed by atoms with E-state index < -0.39 is 15.9 Å². The predicted octanol–water partition coefficient (Wildman–Crippen LogP) is 1.85. The van der Waals surface area contributed by atoms with Crippen LogP contribution in [0.1, 0.15) is 41.9 Å². The summed E-state index contributed by atoms with van der Waals surface area (Å²) in [6.45, 7) is 0.181. The molecule has 1 aliphatic carbocycles. The Bertz CT molecular complexity index is 818. The van der Waals surface area contributed by atoms with Crippen molar-refractivity contribution in [2.45, 2.75) is 43.2 Å². The zero-order chi connectivity index (χ0) is 17.3. The zero-order valence-electron chi connectivity index (χ0n) is 13.5. The van der Waals surface area contributed by atoms with Crippen LogP contribution in [0.3, 0.4) is 0 Å². The van der Waals surface area contributed by atoms with E-state index in [1.807, 2.05) is 0 Å². The highest BCUT2D eigenvalue weighted by Crippen LogP contribution is 2.31. The standard InChI is InChI=1S/C16H21N3O4S/c1-18-11-14(9-15(18)16(17)20)24(21,22)19(12-5-2-3-6-12)10-13-7-4-8-23-13/h4,7-9,11-12H,2-3,5-6,10H2,1H3,(H2,17,20). The van der Waals surface area contributed by atoms with E-state index in [9.17, 15) is 13.2 Å². The third-order valence-electron chi connectivity index (χ3n) is 4.46. The van der Waals surface area contributed by atoms with Crippen molar-refractivity contribution in [3.8, 4) is 0 Å². The first-order valence-electron chi connectivity index (χ1n) is 7.90. The van der Waals surface area contributed by atoms with Crippen molar-refractivity contribution in [2.75, 3.05) is 0 Å². The molecule has 2 aromatic heterocycles. The van der Waals surface area contributed by atoms with Gasteiger partial charge in [-0.25, -0.2) is 8.42 Å². The Labute approximate surface area is 141 Å². The maximum Gasteiger partial charge on any atom is 0.265 e. The first kappa shape index (κ1) is 16.8. The van der Waals surface area contributed by atoms with Crippen LogP contribution in [0.25, 0.3) is 0 Å². The van der Waals surface area contributed by atoms with Crippen molar-refractivity contribution >= 4 is 15.9 Å². The predicted molar refractivity (Wildman–Crippen MR) is 87.6 cm³/mol. The number of furan rings is 1. The number of aromatic nitrogens is 1. The monoisotopic (exact) mass is 351 g/mol. The van der Waals surface area contributed by atoms with Gasteiger partial charge in [0.1, 0.15) is 16.3 Å². The van der Waals surface area contributed by atoms with E-state index >= 15 is 0 Å². The van der Waals surface area contributed by atoms with Gasteiger partial charge in [0, 0.05) is 19.3 Å². The summed E-state index contributed by atoms with van der Waals surface area (Å²) in [5, 5.41) is 0. The minimum absolute atomic E-state index is 0.0580. The lowest BCUT2D eigenvalue weighted by atomic mass is 10.2. The van der Waals surface area contributed by atoms with Gasteiger partial charge in [-0.3, -0.25) is 4.79 Å². The van der Waals surface area contributed by atoms with Crippen molar-refractivity contribution < 1.29 is 17.6 Å². The van der Waals surface area contributed by atoms with Crippen molar-refractivity contribution in [2.24, 2.45) is 12.8 Å². The third-order valence-corrected chi connectivity index (χ3v) is 6.33. The molecule has 1 fully saturated rings. The van der Waals surface area contributed by atoms with Gasteiger partial charge in [-0.15, -0.1) is 0 Å². The number of carbonyl (C=O) groups excluding carboxylic acids is 1. The van der Waals surface area contributed by atoms with Crippen LogP contribution in [-0.4, -0.2) is 29.2 Å². The van der Waals surface area contributed by atoms with Crippen LogP contribution in [0, 0.1) is 0 Å². The number of rotatable bonds is 6. The first-order chi connectivity index (χ1) is 11.4. The summed E-state index contributed by atoms with van der Waals surface area (Å²) in [7, 11) is -2.15. The molecule has 0 spiro atoms.